The molecular weight excluding hydrogens is 156 g/mol. The van der Waals surface area contributed by atoms with E-state index in [1.807, 2.05) is 0 Å². The van der Waals surface area contributed by atoms with Gasteiger partial charge in [0, 0.05) is 0 Å². The molecule has 0 nitrogen and oxygen atoms in total. The Morgan fingerprint density at radius 2 is 1.77 bits per heavy atom. The van der Waals surface area contributed by atoms with Crippen LogP contribution >= 0.6 is 0 Å². The third kappa shape index (κ3) is 3.22. The van der Waals surface area contributed by atoms with E-state index in [1.54, 1.807) is 0 Å². The van der Waals surface area contributed by atoms with E-state index in [1.165, 1.54) is 11.1 Å². The van der Waals surface area contributed by atoms with Crippen LogP contribution in [0.15, 0.2) is 24.3 Å². The smallest absolute Gasteiger partial charge is 0.00675 e. The van der Waals surface area contributed by atoms with E-state index in [0.29, 0.717) is 11.8 Å². The summed E-state index contributed by atoms with van der Waals surface area (Å²) in [7, 11) is 0. The Morgan fingerprint density at radius 1 is 1.08 bits per heavy atom. The molecule has 0 spiro atoms. The Balaban J connectivity index is 2.79. The van der Waals surface area contributed by atoms with E-state index in [-0.39, 0.29) is 0 Å². The highest BCUT2D eigenvalue weighted by Gasteiger charge is 2.01. The zero-order chi connectivity index (χ0) is 9.84. The van der Waals surface area contributed by atoms with E-state index in [0.717, 1.165) is 0 Å². The van der Waals surface area contributed by atoms with Gasteiger partial charge in [-0.05, 0) is 29.4 Å². The summed E-state index contributed by atoms with van der Waals surface area (Å²) in [5.41, 5.74) is 2.77. The highest BCUT2D eigenvalue weighted by Crippen LogP contribution is 2.18. The molecule has 0 N–H and O–H groups in total. The van der Waals surface area contributed by atoms with Crippen molar-refractivity contribution in [1.29, 1.82) is 0 Å². The fourth-order valence-electron chi connectivity index (χ4n) is 1.41. The van der Waals surface area contributed by atoms with Gasteiger partial charge >= 0.3 is 0 Å². The molecule has 1 radical (unpaired) electrons. The average Bonchev–Trinajstić information content (AvgIpc) is 2.03. The van der Waals surface area contributed by atoms with Crippen LogP contribution in [-0.4, -0.2) is 0 Å². The van der Waals surface area contributed by atoms with Crippen LogP contribution in [0.3, 0.4) is 0 Å². The van der Waals surface area contributed by atoms with Gasteiger partial charge in [0.05, 0.1) is 0 Å². The second-order valence-corrected chi connectivity index (χ2v) is 4.24. The molecular formula is C13H19. The Bertz CT molecular complexity index is 258. The summed E-state index contributed by atoms with van der Waals surface area (Å²) in [4.78, 5) is 0. The van der Waals surface area contributed by atoms with Crippen LogP contribution in [0.25, 0.3) is 0 Å². The predicted octanol–water partition coefficient (Wildman–Crippen LogP) is 4.02. The first kappa shape index (κ1) is 10.3. The van der Waals surface area contributed by atoms with Gasteiger partial charge in [0.1, 0.15) is 0 Å². The second-order valence-electron chi connectivity index (χ2n) is 4.24. The highest BCUT2D eigenvalue weighted by atomic mass is 14.1. The molecule has 0 aliphatic rings. The van der Waals surface area contributed by atoms with Crippen LogP contribution in [0, 0.1) is 12.3 Å². The lowest BCUT2D eigenvalue weighted by Gasteiger charge is -2.09. The van der Waals surface area contributed by atoms with Crippen LogP contribution in [0.4, 0.5) is 0 Å². The molecule has 1 aromatic rings. The van der Waals surface area contributed by atoms with E-state index in [9.17, 15) is 0 Å². The molecule has 0 unspecified atom stereocenters. The van der Waals surface area contributed by atoms with Crippen molar-refractivity contribution < 1.29 is 0 Å². The van der Waals surface area contributed by atoms with Crippen molar-refractivity contribution >= 4 is 0 Å². The lowest BCUT2D eigenvalue weighted by molar-refractivity contribution is 0.774. The molecule has 0 aliphatic carbocycles. The Labute approximate surface area is 82.0 Å². The monoisotopic (exact) mass is 175 g/mol. The summed E-state index contributed by atoms with van der Waals surface area (Å²) >= 11 is 0. The number of rotatable bonds is 3. The predicted molar refractivity (Wildman–Crippen MR) is 58.8 cm³/mol. The maximum atomic E-state index is 2.30. The quantitative estimate of drug-likeness (QED) is 0.651. The molecule has 1 aromatic carbocycles. The molecule has 0 amide bonds. The highest BCUT2D eigenvalue weighted by molar-refractivity contribution is 5.30. The molecule has 1 rings (SSSR count). The van der Waals surface area contributed by atoms with Crippen LogP contribution in [0.2, 0.25) is 0 Å². The molecule has 0 saturated heterocycles. The zero-order valence-corrected chi connectivity index (χ0v) is 9.04. The Hall–Kier alpha value is -0.780. The minimum absolute atomic E-state index is 0.625. The van der Waals surface area contributed by atoms with E-state index in [2.05, 4.69) is 58.4 Å². The van der Waals surface area contributed by atoms with Crippen molar-refractivity contribution in [2.45, 2.75) is 33.6 Å². The van der Waals surface area contributed by atoms with Crippen molar-refractivity contribution in [3.63, 3.8) is 0 Å². The van der Waals surface area contributed by atoms with Gasteiger partial charge in [0.25, 0.3) is 0 Å². The van der Waals surface area contributed by atoms with Crippen LogP contribution in [-0.2, 0) is 0 Å². The molecule has 0 aliphatic heterocycles. The Kier molecular flexibility index (Phi) is 3.53. The number of hydrogen-bond acceptors (Lipinski definition) is 0. The summed E-state index contributed by atoms with van der Waals surface area (Å²) in [6, 6.07) is 8.79. The first-order valence-corrected chi connectivity index (χ1v) is 5.04. The van der Waals surface area contributed by atoms with Crippen molar-refractivity contribution in [3.8, 4) is 0 Å². The van der Waals surface area contributed by atoms with Gasteiger partial charge in [0.15, 0.2) is 0 Å². The third-order valence-electron chi connectivity index (χ3n) is 2.10. The lowest BCUT2D eigenvalue weighted by atomic mass is 9.97. The molecule has 0 atom stereocenters. The van der Waals surface area contributed by atoms with Gasteiger partial charge in [-0.15, -0.1) is 0 Å². The van der Waals surface area contributed by atoms with Crippen molar-refractivity contribution in [2.24, 2.45) is 5.92 Å². The van der Waals surface area contributed by atoms with Gasteiger partial charge in [0.2, 0.25) is 0 Å². The molecule has 0 heterocycles. The summed E-state index contributed by atoms with van der Waals surface area (Å²) in [6.45, 7) is 8.88. The van der Waals surface area contributed by atoms with E-state index < -0.39 is 0 Å². The van der Waals surface area contributed by atoms with Crippen molar-refractivity contribution in [3.05, 3.63) is 41.8 Å². The normalized spacial score (nSPS) is 11.2. The van der Waals surface area contributed by atoms with Gasteiger partial charge < -0.3 is 0 Å². The maximum Gasteiger partial charge on any atom is -0.00675 e. The SMILES string of the molecule is CC(C)[CH]c1cccc(C(C)C)c1. The van der Waals surface area contributed by atoms with Crippen LogP contribution in [0.1, 0.15) is 44.7 Å². The minimum atomic E-state index is 0.625. The second kappa shape index (κ2) is 4.45. The van der Waals surface area contributed by atoms with E-state index in [4.69, 9.17) is 0 Å². The fourth-order valence-corrected chi connectivity index (χ4v) is 1.41. The number of benzene rings is 1. The van der Waals surface area contributed by atoms with E-state index >= 15 is 0 Å². The van der Waals surface area contributed by atoms with Crippen LogP contribution in [0.5, 0.6) is 0 Å². The van der Waals surface area contributed by atoms with Crippen molar-refractivity contribution in [1.82, 2.24) is 0 Å². The summed E-state index contributed by atoms with van der Waals surface area (Å²) in [5.74, 6) is 1.25. The van der Waals surface area contributed by atoms with Gasteiger partial charge in [-0.2, -0.15) is 0 Å². The van der Waals surface area contributed by atoms with Gasteiger partial charge in [-0.3, -0.25) is 0 Å². The molecule has 71 valence electrons. The standard InChI is InChI=1S/C13H19/c1-10(2)8-12-6-5-7-13(9-12)11(3)4/h5-11H,1-4H3. The van der Waals surface area contributed by atoms with Gasteiger partial charge in [-0.1, -0.05) is 52.0 Å². The molecule has 0 aromatic heterocycles. The largest absolute Gasteiger partial charge is 0.0622 e. The average molecular weight is 175 g/mol. The third-order valence-corrected chi connectivity index (χ3v) is 2.10. The number of hydrogen-bond donors (Lipinski definition) is 0. The molecule has 0 fully saturated rings. The molecule has 0 saturated carbocycles. The minimum Gasteiger partial charge on any atom is -0.0622 e. The van der Waals surface area contributed by atoms with Crippen LogP contribution < -0.4 is 0 Å². The first-order chi connectivity index (χ1) is 6.09. The molecule has 0 heteroatoms. The summed E-state index contributed by atoms with van der Waals surface area (Å²) < 4.78 is 0. The summed E-state index contributed by atoms with van der Waals surface area (Å²) in [5, 5.41) is 0. The molecule has 13 heavy (non-hydrogen) atoms. The Morgan fingerprint density at radius 3 is 2.31 bits per heavy atom. The fraction of sp³-hybridized carbons (Fsp3) is 0.462. The zero-order valence-electron chi connectivity index (χ0n) is 9.04. The lowest BCUT2D eigenvalue weighted by Crippen LogP contribution is -1.93. The topological polar surface area (TPSA) is 0 Å². The van der Waals surface area contributed by atoms with Gasteiger partial charge in [-0.25, -0.2) is 0 Å². The summed E-state index contributed by atoms with van der Waals surface area (Å²) in [6.07, 6.45) is 2.30. The van der Waals surface area contributed by atoms with Crippen molar-refractivity contribution in [2.75, 3.05) is 0 Å². The molecule has 0 bridgehead atoms. The maximum absolute atomic E-state index is 2.30. The first-order valence-electron chi connectivity index (χ1n) is 5.04.